The molecule has 0 aliphatic heterocycles. The molecule has 0 amide bonds. The summed E-state index contributed by atoms with van der Waals surface area (Å²) in [5.41, 5.74) is 14.4. The van der Waals surface area contributed by atoms with Gasteiger partial charge in [-0.25, -0.2) is 12.2 Å². The molecule has 0 atom stereocenters. The summed E-state index contributed by atoms with van der Waals surface area (Å²) >= 11 is 1.48. The zero-order chi connectivity index (χ0) is 34.7. The van der Waals surface area contributed by atoms with E-state index in [0.717, 1.165) is 12.8 Å². The minimum atomic E-state index is 0. The van der Waals surface area contributed by atoms with Crippen molar-refractivity contribution < 1.29 is 49.0 Å². The van der Waals surface area contributed by atoms with Crippen LogP contribution in [0.25, 0.3) is 11.1 Å². The summed E-state index contributed by atoms with van der Waals surface area (Å²) in [6.07, 6.45) is 18.5. The second kappa shape index (κ2) is 20.7. The summed E-state index contributed by atoms with van der Waals surface area (Å²) in [5, 5.41) is 0. The first kappa shape index (κ1) is 43.9. The predicted molar refractivity (Wildman–Crippen MR) is 206 cm³/mol. The molecule has 0 unspecified atom stereocenters. The van der Waals surface area contributed by atoms with Crippen molar-refractivity contribution in [1.82, 2.24) is 0 Å². The molecule has 2 aliphatic carbocycles. The number of allylic oxidation sites excluding steroid dienone is 4. The standard InChI is InChI=1S/C21H25.C21H26.C5H5.2ClH.Zr/c1-20(2,3)16-9-7-14-11-15-8-10-17(21(4,5)6)13-19(15)18(14)12-16;1-3-5-7-18-9-13-20(14-10-18)17-21-15-11-19(12-16-21)8-6-4-2;1-2-4-5-3-1;;;/h7,9-10,12-13H,11H2,1-6H3;9-16H,3-8H2,1-2H3;1-3H,4H2;2*1H;/q-1;;-1;;;+2/p-2. The monoisotopic (exact) mass is 780 g/mol. The molecule has 0 aromatic heterocycles. The average molecular weight is 783 g/mol. The van der Waals surface area contributed by atoms with Crippen LogP contribution in [0.1, 0.15) is 132 Å². The van der Waals surface area contributed by atoms with E-state index in [1.807, 2.05) is 12.2 Å². The smallest absolute Gasteiger partial charge is 0.109 e. The van der Waals surface area contributed by atoms with E-state index in [1.54, 1.807) is 0 Å². The van der Waals surface area contributed by atoms with Crippen LogP contribution in [0.2, 0.25) is 0 Å². The largest absolute Gasteiger partial charge is 1.00 e. The summed E-state index contributed by atoms with van der Waals surface area (Å²) in [7, 11) is 0. The maximum absolute atomic E-state index is 3.53. The summed E-state index contributed by atoms with van der Waals surface area (Å²) < 4.78 is 1.45. The summed E-state index contributed by atoms with van der Waals surface area (Å²) in [5.74, 6) is 0. The number of fused-ring (bicyclic) bond motifs is 3. The molecule has 50 heavy (non-hydrogen) atoms. The number of rotatable bonds is 8. The number of halogens is 2. The van der Waals surface area contributed by atoms with Crippen LogP contribution in [0.3, 0.4) is 0 Å². The molecule has 0 fully saturated rings. The molecule has 3 heteroatoms. The van der Waals surface area contributed by atoms with E-state index < -0.39 is 0 Å². The van der Waals surface area contributed by atoms with Gasteiger partial charge in [0.15, 0.2) is 0 Å². The average Bonchev–Trinajstić information content (AvgIpc) is 3.78. The van der Waals surface area contributed by atoms with E-state index >= 15 is 0 Å². The van der Waals surface area contributed by atoms with E-state index in [-0.39, 0.29) is 35.6 Å². The molecule has 0 saturated heterocycles. The molecule has 264 valence electrons. The van der Waals surface area contributed by atoms with Gasteiger partial charge in [-0.15, -0.1) is 12.0 Å². The Hall–Kier alpha value is -2.31. The fourth-order valence-electron chi connectivity index (χ4n) is 5.93. The third kappa shape index (κ3) is 12.7. The first-order valence-electron chi connectivity index (χ1n) is 18.1. The van der Waals surface area contributed by atoms with Crippen LogP contribution in [0.5, 0.6) is 0 Å². The van der Waals surface area contributed by atoms with Gasteiger partial charge in [0.25, 0.3) is 0 Å². The van der Waals surface area contributed by atoms with Crippen molar-refractivity contribution in [2.75, 3.05) is 0 Å². The third-order valence-corrected chi connectivity index (χ3v) is 10.7. The quantitative estimate of drug-likeness (QED) is 0.159. The molecular formula is C47H56Cl2Zr-2. The van der Waals surface area contributed by atoms with Crippen molar-refractivity contribution in [3.63, 3.8) is 0 Å². The molecule has 6 rings (SSSR count). The maximum Gasteiger partial charge on any atom is -0.109 e. The number of hydrogen-bond donors (Lipinski definition) is 0. The first-order valence-corrected chi connectivity index (χ1v) is 19.3. The van der Waals surface area contributed by atoms with Gasteiger partial charge in [0.1, 0.15) is 0 Å². The van der Waals surface area contributed by atoms with E-state index in [1.165, 1.54) is 122 Å². The molecule has 4 aromatic rings. The molecule has 0 bridgehead atoms. The van der Waals surface area contributed by atoms with E-state index in [2.05, 4.69) is 152 Å². The molecule has 0 radical (unpaired) electrons. The Balaban J connectivity index is 0.000000293. The summed E-state index contributed by atoms with van der Waals surface area (Å²) in [6.45, 7) is 18.1. The minimum absolute atomic E-state index is 0. The van der Waals surface area contributed by atoms with Crippen LogP contribution in [0.4, 0.5) is 0 Å². The van der Waals surface area contributed by atoms with Gasteiger partial charge in [0.05, 0.1) is 0 Å². The van der Waals surface area contributed by atoms with Crippen molar-refractivity contribution in [3.05, 3.63) is 154 Å². The second-order valence-corrected chi connectivity index (χ2v) is 16.5. The van der Waals surface area contributed by atoms with Gasteiger partial charge >= 0.3 is 151 Å². The van der Waals surface area contributed by atoms with Crippen molar-refractivity contribution in [1.29, 1.82) is 0 Å². The zero-order valence-corrected chi connectivity index (χ0v) is 35.6. The topological polar surface area (TPSA) is 0 Å². The van der Waals surface area contributed by atoms with Crippen molar-refractivity contribution >= 4 is 3.21 Å². The molecule has 4 aromatic carbocycles. The fourth-order valence-corrected chi connectivity index (χ4v) is 6.75. The van der Waals surface area contributed by atoms with Crippen LogP contribution in [0, 0.1) is 12.1 Å². The Kier molecular flexibility index (Phi) is 18.1. The Labute approximate surface area is 332 Å². The van der Waals surface area contributed by atoms with E-state index in [0.29, 0.717) is 0 Å². The SMILES string of the molecule is CC(C)(C)c1c[c-]c2c(c1)-c1cc(C(C)(C)C)ccc1C2.CCCCc1ccc([C](=[Zr+2])c2ccc(CCCC)cc2)cc1.[C-]1=CC=CC1.[Cl-].[Cl-]. The summed E-state index contributed by atoms with van der Waals surface area (Å²) in [6, 6.07) is 33.4. The molecule has 0 spiro atoms. The van der Waals surface area contributed by atoms with Gasteiger partial charge in [-0.1, -0.05) is 76.3 Å². The van der Waals surface area contributed by atoms with Crippen molar-refractivity contribution in [2.24, 2.45) is 0 Å². The Morgan fingerprint density at radius 3 is 1.62 bits per heavy atom. The van der Waals surface area contributed by atoms with E-state index in [4.69, 9.17) is 0 Å². The summed E-state index contributed by atoms with van der Waals surface area (Å²) in [4.78, 5) is 0. The number of unbranched alkanes of at least 4 members (excludes halogenated alkanes) is 2. The van der Waals surface area contributed by atoms with Gasteiger partial charge in [-0.05, 0) is 17.4 Å². The molecule has 0 saturated carbocycles. The Bertz CT molecular complexity index is 1570. The predicted octanol–water partition coefficient (Wildman–Crippen LogP) is 6.45. The van der Waals surface area contributed by atoms with Crippen LogP contribution in [-0.4, -0.2) is 3.21 Å². The number of benzene rings is 4. The van der Waals surface area contributed by atoms with Gasteiger partial charge in [-0.3, -0.25) is 6.08 Å². The number of aryl methyl sites for hydroxylation is 2. The van der Waals surface area contributed by atoms with Crippen molar-refractivity contribution in [2.45, 2.75) is 118 Å². The van der Waals surface area contributed by atoms with Gasteiger partial charge in [0.2, 0.25) is 0 Å². The molecule has 0 nitrogen and oxygen atoms in total. The normalized spacial score (nSPS) is 12.4. The third-order valence-electron chi connectivity index (χ3n) is 9.24. The zero-order valence-electron chi connectivity index (χ0n) is 31.7. The number of hydrogen-bond acceptors (Lipinski definition) is 0. The first-order chi connectivity index (χ1) is 22.9. The Morgan fingerprint density at radius 2 is 1.20 bits per heavy atom. The second-order valence-electron chi connectivity index (χ2n) is 15.3. The van der Waals surface area contributed by atoms with Gasteiger partial charge in [-0.2, -0.15) is 35.4 Å². The van der Waals surface area contributed by atoms with Gasteiger partial charge < -0.3 is 24.8 Å². The Morgan fingerprint density at radius 1 is 0.680 bits per heavy atom. The maximum atomic E-state index is 3.53. The van der Waals surface area contributed by atoms with Crippen LogP contribution >= 0.6 is 0 Å². The van der Waals surface area contributed by atoms with Crippen LogP contribution < -0.4 is 24.8 Å². The molecular weight excluding hydrogens is 727 g/mol. The van der Waals surface area contributed by atoms with Gasteiger partial charge in [0, 0.05) is 0 Å². The fraction of sp³-hybridized carbons (Fsp3) is 0.383. The van der Waals surface area contributed by atoms with Crippen LogP contribution in [-0.2, 0) is 54.3 Å². The molecule has 0 heterocycles. The molecule has 0 N–H and O–H groups in total. The van der Waals surface area contributed by atoms with Crippen LogP contribution in [0.15, 0.2) is 97.1 Å². The van der Waals surface area contributed by atoms with E-state index in [9.17, 15) is 0 Å². The minimum Gasteiger partial charge on any atom is -1.00 e. The molecule has 2 aliphatic rings. The van der Waals surface area contributed by atoms with Crippen molar-refractivity contribution in [3.8, 4) is 11.1 Å².